The van der Waals surface area contributed by atoms with Crippen LogP contribution in [-0.2, 0) is 9.59 Å². The Morgan fingerprint density at radius 2 is 1.47 bits per heavy atom. The third-order valence-electron chi connectivity index (χ3n) is 1.99. The number of benzene rings is 1. The van der Waals surface area contributed by atoms with Gasteiger partial charge in [0, 0.05) is 23.8 Å². The van der Waals surface area contributed by atoms with Gasteiger partial charge in [-0.3, -0.25) is 4.79 Å². The van der Waals surface area contributed by atoms with Crippen LogP contribution in [0.2, 0.25) is 0 Å². The van der Waals surface area contributed by atoms with Gasteiger partial charge in [-0.1, -0.05) is 0 Å². The molecular weight excluding hydrogens is 261 g/mol. The Kier molecular flexibility index (Phi) is 7.81. The number of primary amides is 1. The maximum atomic E-state index is 11.3. The minimum atomic E-state index is -1.27. The van der Waals surface area contributed by atoms with Gasteiger partial charge in [-0.2, -0.15) is 0 Å². The first-order valence-corrected chi connectivity index (χ1v) is 5.13. The first-order valence-electron chi connectivity index (χ1n) is 5.13. The summed E-state index contributed by atoms with van der Waals surface area (Å²) in [5.74, 6) is -1.69. The van der Waals surface area contributed by atoms with Gasteiger partial charge in [0.05, 0.1) is 0 Å². The number of nitrogens with one attached hydrogen (secondary N) is 2. The number of carbonyl (C=O) groups excluding carboxylic acids is 3. The summed E-state index contributed by atoms with van der Waals surface area (Å²) >= 11 is 0. The first kappa shape index (κ1) is 17.4. The standard InChI is InChI=1S/C11H13N3O4.Na/c12-11(18)14-8-3-1-7(2-4-8)13-9(15)5-6-10(16)17;/h1-4H,5-6H2,(H,13,15)(H,16,17)(H3,12,14,18);/q;+1/p-1. The van der Waals surface area contributed by atoms with Crippen molar-refractivity contribution in [3.8, 4) is 0 Å². The third kappa shape index (κ3) is 7.45. The molecule has 1 aromatic rings. The van der Waals surface area contributed by atoms with E-state index < -0.39 is 17.9 Å². The van der Waals surface area contributed by atoms with Crippen molar-refractivity contribution in [3.05, 3.63) is 24.3 Å². The molecule has 19 heavy (non-hydrogen) atoms. The molecule has 0 fully saturated rings. The van der Waals surface area contributed by atoms with Gasteiger partial charge < -0.3 is 26.3 Å². The summed E-state index contributed by atoms with van der Waals surface area (Å²) in [5.41, 5.74) is 5.92. The van der Waals surface area contributed by atoms with E-state index in [0.717, 1.165) is 0 Å². The molecule has 0 spiro atoms. The van der Waals surface area contributed by atoms with Crippen LogP contribution < -0.4 is 51.0 Å². The number of urea groups is 1. The molecule has 0 atom stereocenters. The zero-order valence-electron chi connectivity index (χ0n) is 10.4. The van der Waals surface area contributed by atoms with Crippen molar-refractivity contribution in [1.82, 2.24) is 0 Å². The van der Waals surface area contributed by atoms with Crippen LogP contribution in [0.4, 0.5) is 16.2 Å². The molecule has 0 bridgehead atoms. The molecule has 0 radical (unpaired) electrons. The fourth-order valence-corrected chi connectivity index (χ4v) is 1.22. The number of carboxylic acids is 1. The largest absolute Gasteiger partial charge is 1.00 e. The van der Waals surface area contributed by atoms with Crippen LogP contribution in [0.15, 0.2) is 24.3 Å². The second-order valence-electron chi connectivity index (χ2n) is 3.49. The van der Waals surface area contributed by atoms with Crippen molar-refractivity contribution in [2.75, 3.05) is 10.6 Å². The zero-order valence-corrected chi connectivity index (χ0v) is 12.4. The van der Waals surface area contributed by atoms with Crippen LogP contribution in [0.5, 0.6) is 0 Å². The van der Waals surface area contributed by atoms with E-state index in [1.54, 1.807) is 24.3 Å². The van der Waals surface area contributed by atoms with E-state index >= 15 is 0 Å². The quantitative estimate of drug-likeness (QED) is 0.485. The number of carbonyl (C=O) groups is 3. The summed E-state index contributed by atoms with van der Waals surface area (Å²) in [6, 6.07) is 5.54. The van der Waals surface area contributed by atoms with E-state index in [9.17, 15) is 19.5 Å². The molecule has 8 heteroatoms. The average molecular weight is 273 g/mol. The van der Waals surface area contributed by atoms with Gasteiger partial charge in [-0.05, 0) is 30.7 Å². The summed E-state index contributed by atoms with van der Waals surface area (Å²) in [6.45, 7) is 0. The Labute approximate surface area is 131 Å². The number of nitrogens with two attached hydrogens (primary N) is 1. The molecule has 0 heterocycles. The number of hydrogen-bond acceptors (Lipinski definition) is 4. The first-order chi connectivity index (χ1) is 8.47. The molecule has 7 nitrogen and oxygen atoms in total. The number of anilines is 2. The number of aliphatic carboxylic acids is 1. The van der Waals surface area contributed by atoms with E-state index in [0.29, 0.717) is 11.4 Å². The molecule has 0 aliphatic heterocycles. The molecule has 1 rings (SSSR count). The third-order valence-corrected chi connectivity index (χ3v) is 1.99. The van der Waals surface area contributed by atoms with Crippen LogP contribution in [0, 0.1) is 0 Å². The predicted octanol–water partition coefficient (Wildman–Crippen LogP) is -3.35. The zero-order chi connectivity index (χ0) is 13.5. The van der Waals surface area contributed by atoms with Crippen molar-refractivity contribution < 1.29 is 49.0 Å². The summed E-state index contributed by atoms with van der Waals surface area (Å²) in [5, 5.41) is 15.0. The predicted molar refractivity (Wildman–Crippen MR) is 62.5 cm³/mol. The van der Waals surface area contributed by atoms with Gasteiger partial charge in [0.15, 0.2) is 0 Å². The van der Waals surface area contributed by atoms with Gasteiger partial charge in [0.1, 0.15) is 0 Å². The van der Waals surface area contributed by atoms with Crippen LogP contribution in [-0.4, -0.2) is 17.9 Å². The van der Waals surface area contributed by atoms with Crippen molar-refractivity contribution >= 4 is 29.3 Å². The van der Waals surface area contributed by atoms with Gasteiger partial charge in [-0.15, -0.1) is 0 Å². The summed E-state index contributed by atoms with van der Waals surface area (Å²) in [6.07, 6.45) is -0.475. The number of hydrogen-bond donors (Lipinski definition) is 3. The topological polar surface area (TPSA) is 124 Å². The Balaban J connectivity index is 0.00000324. The van der Waals surface area contributed by atoms with Crippen LogP contribution in [0.1, 0.15) is 12.8 Å². The maximum absolute atomic E-state index is 11.3. The molecular formula is C11H12N3NaO4. The monoisotopic (exact) mass is 273 g/mol. The SMILES string of the molecule is NC(=O)Nc1ccc(NC(=O)CCC(=O)[O-])cc1.[Na+]. The van der Waals surface area contributed by atoms with E-state index in [2.05, 4.69) is 10.6 Å². The van der Waals surface area contributed by atoms with Crippen LogP contribution in [0.3, 0.4) is 0 Å². The molecule has 0 saturated heterocycles. The van der Waals surface area contributed by atoms with Crippen LogP contribution in [0.25, 0.3) is 0 Å². The van der Waals surface area contributed by atoms with E-state index in [4.69, 9.17) is 5.73 Å². The normalized spacial score (nSPS) is 9.05. The van der Waals surface area contributed by atoms with E-state index in [1.807, 2.05) is 0 Å². The van der Waals surface area contributed by atoms with Crippen molar-refractivity contribution in [2.45, 2.75) is 12.8 Å². The second-order valence-corrected chi connectivity index (χ2v) is 3.49. The number of carboxylic acid groups (broad SMARTS) is 1. The van der Waals surface area contributed by atoms with Gasteiger partial charge in [-0.25, -0.2) is 4.79 Å². The Hall–Kier alpha value is -1.57. The molecule has 0 saturated carbocycles. The van der Waals surface area contributed by atoms with E-state index in [-0.39, 0.29) is 42.4 Å². The Morgan fingerprint density at radius 3 is 1.89 bits per heavy atom. The van der Waals surface area contributed by atoms with Gasteiger partial charge in [0.2, 0.25) is 5.91 Å². The van der Waals surface area contributed by atoms with Crippen molar-refractivity contribution in [3.63, 3.8) is 0 Å². The smallest absolute Gasteiger partial charge is 0.550 e. The molecule has 1 aromatic carbocycles. The second kappa shape index (κ2) is 8.52. The van der Waals surface area contributed by atoms with Crippen LogP contribution >= 0.6 is 0 Å². The van der Waals surface area contributed by atoms with Crippen molar-refractivity contribution in [2.24, 2.45) is 5.73 Å². The van der Waals surface area contributed by atoms with Gasteiger partial charge >= 0.3 is 35.6 Å². The molecule has 0 unspecified atom stereocenters. The summed E-state index contributed by atoms with van der Waals surface area (Å²) < 4.78 is 0. The van der Waals surface area contributed by atoms with Crippen molar-refractivity contribution in [1.29, 1.82) is 0 Å². The average Bonchev–Trinajstić information content (AvgIpc) is 2.28. The van der Waals surface area contributed by atoms with Gasteiger partial charge in [0.25, 0.3) is 0 Å². The minimum absolute atomic E-state index is 0. The maximum Gasteiger partial charge on any atom is 1.00 e. The number of rotatable bonds is 5. The van der Waals surface area contributed by atoms with E-state index in [1.165, 1.54) is 0 Å². The summed E-state index contributed by atoms with van der Waals surface area (Å²) in [7, 11) is 0. The minimum Gasteiger partial charge on any atom is -0.550 e. The number of amides is 3. The molecule has 0 aliphatic rings. The molecule has 4 N–H and O–H groups in total. The Bertz CT molecular complexity index is 462. The molecule has 0 aliphatic carbocycles. The molecule has 96 valence electrons. The summed E-state index contributed by atoms with van der Waals surface area (Å²) in [4.78, 5) is 32.0. The fourth-order valence-electron chi connectivity index (χ4n) is 1.22. The Morgan fingerprint density at radius 1 is 1.00 bits per heavy atom. The molecule has 0 aromatic heterocycles. The fraction of sp³-hybridized carbons (Fsp3) is 0.182. The molecule has 3 amide bonds.